The number of para-hydroxylation sites is 2. The Bertz CT molecular complexity index is 2160. The summed E-state index contributed by atoms with van der Waals surface area (Å²) in [6.45, 7) is 1.38. The van der Waals surface area contributed by atoms with Gasteiger partial charge >= 0.3 is 41.5 Å². The summed E-state index contributed by atoms with van der Waals surface area (Å²) in [5.74, 6) is -1.53. The maximum absolute atomic E-state index is 13.2. The van der Waals surface area contributed by atoms with Gasteiger partial charge in [0.25, 0.3) is 20.0 Å². The van der Waals surface area contributed by atoms with Crippen molar-refractivity contribution in [2.24, 2.45) is 0 Å². The molecule has 4 aromatic carbocycles. The fraction of sp³-hybridized carbons (Fsp3) is 0.381. The number of fused-ring (bicyclic) bond motifs is 4. The summed E-state index contributed by atoms with van der Waals surface area (Å²) < 4.78 is 55.3. The van der Waals surface area contributed by atoms with E-state index in [0.29, 0.717) is 58.5 Å². The van der Waals surface area contributed by atoms with Crippen LogP contribution in [0, 0.1) is 0 Å². The molecule has 0 radical (unpaired) electrons. The zero-order chi connectivity index (χ0) is 42.0. The number of halogens is 2. The van der Waals surface area contributed by atoms with E-state index in [1.165, 1.54) is 20.7 Å². The van der Waals surface area contributed by atoms with Crippen LogP contribution < -0.4 is 19.2 Å². The third-order valence-corrected chi connectivity index (χ3v) is 14.5. The predicted octanol–water partition coefficient (Wildman–Crippen LogP) is 7.74. The first kappa shape index (κ1) is 48.5. The van der Waals surface area contributed by atoms with Crippen molar-refractivity contribution in [2.45, 2.75) is 86.1 Å². The molecule has 0 amide bonds. The fourth-order valence-corrected chi connectivity index (χ4v) is 10.7. The van der Waals surface area contributed by atoms with Gasteiger partial charge in [0.15, 0.2) is 0 Å². The molecule has 2 aliphatic rings. The predicted molar refractivity (Wildman–Crippen MR) is 235 cm³/mol. The number of benzene rings is 4. The minimum atomic E-state index is -3.72. The van der Waals surface area contributed by atoms with Gasteiger partial charge in [-0.2, -0.15) is 0 Å². The van der Waals surface area contributed by atoms with Crippen LogP contribution in [-0.4, -0.2) is 95.7 Å². The molecule has 0 saturated carbocycles. The first-order valence-electron chi connectivity index (χ1n) is 19.3. The summed E-state index contributed by atoms with van der Waals surface area (Å²) in [5.41, 5.74) is 4.42. The number of anilines is 2. The molecule has 0 fully saturated rings. The van der Waals surface area contributed by atoms with Crippen molar-refractivity contribution in [3.63, 3.8) is 0 Å². The van der Waals surface area contributed by atoms with Crippen LogP contribution in [0.4, 0.5) is 11.4 Å². The summed E-state index contributed by atoms with van der Waals surface area (Å²) in [5, 5.41) is 25.2. The molecule has 0 aromatic heterocycles. The Morgan fingerprint density at radius 1 is 0.559 bits per heavy atom. The second-order valence-corrected chi connectivity index (χ2v) is 19.1. The minimum absolute atomic E-state index is 0. The van der Waals surface area contributed by atoms with Gasteiger partial charge < -0.3 is 20.8 Å². The number of aliphatic carboxylic acids is 2. The molecule has 0 aliphatic carbocycles. The first-order valence-corrected chi connectivity index (χ1v) is 22.9. The SMILES string of the molecule is CN1c2ccccc2C(NCCCCCCC(=O)O)c2ccc(Cl)cc2S1(=O)=O.CN1c2ccccc2C(NCCCCCCC(=O)O)c2ccc(Cl)cc2S1(=O)=O.[NaH]. The molecule has 0 spiro atoms. The topological polar surface area (TPSA) is 173 Å². The Balaban J connectivity index is 0.000000256. The Hall–Kier alpha value is -3.18. The average molecular weight is 898 g/mol. The number of nitrogens with one attached hydrogen (secondary N) is 2. The first-order chi connectivity index (χ1) is 27.6. The molecule has 4 aromatic rings. The van der Waals surface area contributed by atoms with Crippen molar-refractivity contribution in [1.82, 2.24) is 10.6 Å². The number of unbranched alkanes of at least 4 members (excludes halogenated alkanes) is 6. The fourth-order valence-electron chi connectivity index (χ4n) is 7.31. The molecule has 12 nitrogen and oxygen atoms in total. The van der Waals surface area contributed by atoms with E-state index in [2.05, 4.69) is 10.6 Å². The molecule has 0 saturated heterocycles. The van der Waals surface area contributed by atoms with Gasteiger partial charge in [-0.15, -0.1) is 0 Å². The molecular formula is C42H51Cl2N4NaO8S2. The van der Waals surface area contributed by atoms with Gasteiger partial charge in [0.05, 0.1) is 33.2 Å². The molecule has 4 N–H and O–H groups in total. The number of nitrogens with zero attached hydrogens (tertiary/aromatic N) is 2. The van der Waals surface area contributed by atoms with Gasteiger partial charge in [-0.1, -0.05) is 97.4 Å². The van der Waals surface area contributed by atoms with E-state index in [1.807, 2.05) is 36.4 Å². The van der Waals surface area contributed by atoms with E-state index in [9.17, 15) is 26.4 Å². The molecule has 2 heterocycles. The van der Waals surface area contributed by atoms with E-state index in [4.69, 9.17) is 33.4 Å². The van der Waals surface area contributed by atoms with Gasteiger partial charge in [-0.25, -0.2) is 16.8 Å². The van der Waals surface area contributed by atoms with Crippen molar-refractivity contribution >= 4 is 96.1 Å². The molecule has 2 unspecified atom stereocenters. The van der Waals surface area contributed by atoms with Crippen LogP contribution in [-0.2, 0) is 29.6 Å². The van der Waals surface area contributed by atoms with Gasteiger partial charge in [-0.3, -0.25) is 18.2 Å². The zero-order valence-electron chi connectivity index (χ0n) is 32.5. The second kappa shape index (κ2) is 22.1. The van der Waals surface area contributed by atoms with Crippen LogP contribution in [0.5, 0.6) is 0 Å². The van der Waals surface area contributed by atoms with Gasteiger partial charge in [0.2, 0.25) is 0 Å². The Morgan fingerprint density at radius 2 is 0.915 bits per heavy atom. The monoisotopic (exact) mass is 896 g/mol. The Labute approximate surface area is 379 Å². The normalized spacial score (nSPS) is 17.0. The van der Waals surface area contributed by atoms with Crippen LogP contribution in [0.1, 0.15) is 98.5 Å². The molecule has 2 atom stereocenters. The van der Waals surface area contributed by atoms with Crippen LogP contribution in [0.3, 0.4) is 0 Å². The standard InChI is InChI=1S/2C21H25ClN2O4S.Na.H/c2*1-24-18-9-6-5-8-16(18)21(23-13-7-3-2-4-10-20(25)26)17-12-11-15(22)14-19(17)29(24,27)28;;/h2*5-6,8-9,11-12,14,21,23H,2-4,7,10,13H2,1H3,(H,25,26);;. The zero-order valence-corrected chi connectivity index (χ0v) is 35.7. The molecule has 59 heavy (non-hydrogen) atoms. The van der Waals surface area contributed by atoms with E-state index in [0.717, 1.165) is 49.7 Å². The molecule has 6 rings (SSSR count). The van der Waals surface area contributed by atoms with E-state index in [-0.39, 0.29) is 64.3 Å². The van der Waals surface area contributed by atoms with Crippen LogP contribution in [0.15, 0.2) is 94.7 Å². The van der Waals surface area contributed by atoms with Crippen LogP contribution >= 0.6 is 23.2 Å². The third-order valence-electron chi connectivity index (χ3n) is 10.4. The summed E-state index contributed by atoms with van der Waals surface area (Å²) >= 11 is 12.2. The number of hydrogen-bond acceptors (Lipinski definition) is 8. The number of carboxylic acid groups (broad SMARTS) is 2. The van der Waals surface area contributed by atoms with Crippen LogP contribution in [0.25, 0.3) is 0 Å². The quantitative estimate of drug-likeness (QED) is 0.0644. The van der Waals surface area contributed by atoms with Crippen LogP contribution in [0.2, 0.25) is 10.0 Å². The maximum atomic E-state index is 13.2. The molecular weight excluding hydrogens is 847 g/mol. The van der Waals surface area contributed by atoms with E-state index in [1.54, 1.807) is 50.5 Å². The van der Waals surface area contributed by atoms with Crippen molar-refractivity contribution < 1.29 is 36.6 Å². The number of rotatable bonds is 16. The summed E-state index contributed by atoms with van der Waals surface area (Å²) in [4.78, 5) is 21.6. The average Bonchev–Trinajstić information content (AvgIpc) is 3.30. The molecule has 314 valence electrons. The summed E-state index contributed by atoms with van der Waals surface area (Å²) in [7, 11) is -4.33. The van der Waals surface area contributed by atoms with Crippen molar-refractivity contribution in [2.75, 3.05) is 35.8 Å². The Morgan fingerprint density at radius 3 is 1.29 bits per heavy atom. The molecule has 2 aliphatic heterocycles. The van der Waals surface area contributed by atoms with E-state index >= 15 is 0 Å². The van der Waals surface area contributed by atoms with Crippen molar-refractivity contribution in [1.29, 1.82) is 0 Å². The van der Waals surface area contributed by atoms with Crippen molar-refractivity contribution in [3.8, 4) is 0 Å². The molecule has 17 heteroatoms. The number of carboxylic acids is 2. The van der Waals surface area contributed by atoms with Gasteiger partial charge in [0.1, 0.15) is 0 Å². The summed E-state index contributed by atoms with van der Waals surface area (Å²) in [6.07, 6.45) is 7.05. The number of carbonyl (C=O) groups is 2. The Kier molecular flexibility index (Phi) is 18.1. The molecule has 0 bridgehead atoms. The number of hydrogen-bond donors (Lipinski definition) is 4. The van der Waals surface area contributed by atoms with Gasteiger partial charge in [0, 0.05) is 37.0 Å². The van der Waals surface area contributed by atoms with Crippen molar-refractivity contribution in [3.05, 3.63) is 117 Å². The third kappa shape index (κ3) is 12.0. The number of sulfonamides is 2. The summed E-state index contributed by atoms with van der Waals surface area (Å²) in [6, 6.07) is 24.4. The second-order valence-electron chi connectivity index (χ2n) is 14.3. The van der Waals surface area contributed by atoms with Gasteiger partial charge in [-0.05, 0) is 97.4 Å². The van der Waals surface area contributed by atoms with E-state index < -0.39 is 32.0 Å².